The third kappa shape index (κ3) is 2.85. The normalized spacial score (nSPS) is 11.9. The molecule has 0 spiro atoms. The molecule has 2 rings (SSSR count). The van der Waals surface area contributed by atoms with Gasteiger partial charge in [-0.3, -0.25) is 0 Å². The van der Waals surface area contributed by atoms with Crippen LogP contribution in [0.15, 0.2) is 16.7 Å². The van der Waals surface area contributed by atoms with Crippen LogP contribution >= 0.6 is 11.6 Å². The topological polar surface area (TPSA) is 74.7 Å². The summed E-state index contributed by atoms with van der Waals surface area (Å²) in [7, 11) is 0. The van der Waals surface area contributed by atoms with Crippen LogP contribution in [0.2, 0.25) is 5.15 Å². The molecule has 0 saturated heterocycles. The summed E-state index contributed by atoms with van der Waals surface area (Å²) in [6.45, 7) is 5.72. The molecule has 1 N–H and O–H groups in total. The highest BCUT2D eigenvalue weighted by molar-refractivity contribution is 6.29. The van der Waals surface area contributed by atoms with Crippen LogP contribution in [-0.2, 0) is 0 Å². The fourth-order valence-corrected chi connectivity index (χ4v) is 2.25. The molecule has 0 bridgehead atoms. The second-order valence-electron chi connectivity index (χ2n) is 4.28. The molecule has 0 fully saturated rings. The fraction of sp³-hybridized carbons (Fsp3) is 0.308. The first kappa shape index (κ1) is 13.4. The van der Waals surface area contributed by atoms with Crippen LogP contribution in [0.3, 0.4) is 0 Å². The number of pyridine rings is 1. The molecule has 0 aromatic carbocycles. The maximum atomic E-state index is 8.90. The van der Waals surface area contributed by atoms with Gasteiger partial charge >= 0.3 is 0 Å². The van der Waals surface area contributed by atoms with Crippen molar-refractivity contribution in [1.82, 2.24) is 10.1 Å². The minimum atomic E-state index is -0.0382. The molecule has 98 valence electrons. The maximum Gasteiger partial charge on any atom is 0.139 e. The van der Waals surface area contributed by atoms with Crippen molar-refractivity contribution in [2.24, 2.45) is 0 Å². The summed E-state index contributed by atoms with van der Waals surface area (Å²) in [5.41, 5.74) is 2.29. The van der Waals surface area contributed by atoms with E-state index in [-0.39, 0.29) is 11.2 Å². The molecule has 0 aliphatic rings. The van der Waals surface area contributed by atoms with Crippen LogP contribution in [0.4, 0.5) is 5.82 Å². The van der Waals surface area contributed by atoms with Gasteiger partial charge in [-0.05, 0) is 32.9 Å². The first-order valence-corrected chi connectivity index (χ1v) is 6.16. The van der Waals surface area contributed by atoms with Gasteiger partial charge in [-0.15, -0.1) is 0 Å². The average Bonchev–Trinajstić information content (AvgIpc) is 2.68. The Morgan fingerprint density at radius 3 is 2.74 bits per heavy atom. The molecule has 1 atom stereocenters. The lowest BCUT2D eigenvalue weighted by Gasteiger charge is -2.14. The van der Waals surface area contributed by atoms with Crippen molar-refractivity contribution in [3.63, 3.8) is 0 Å². The zero-order valence-corrected chi connectivity index (χ0v) is 11.6. The van der Waals surface area contributed by atoms with Gasteiger partial charge in [0.05, 0.1) is 23.4 Å². The quantitative estimate of drug-likeness (QED) is 0.870. The van der Waals surface area contributed by atoms with Crippen molar-refractivity contribution < 1.29 is 4.52 Å². The fourth-order valence-electron chi connectivity index (χ4n) is 2.04. The number of hydrogen-bond donors (Lipinski definition) is 1. The number of nitrogens with zero attached hydrogens (tertiary/aromatic N) is 3. The van der Waals surface area contributed by atoms with Crippen LogP contribution in [0.1, 0.15) is 35.5 Å². The van der Waals surface area contributed by atoms with Crippen molar-refractivity contribution in [2.75, 3.05) is 5.32 Å². The molecule has 5 nitrogen and oxygen atoms in total. The lowest BCUT2D eigenvalue weighted by molar-refractivity contribution is 0.392. The Morgan fingerprint density at radius 2 is 2.16 bits per heavy atom. The summed E-state index contributed by atoms with van der Waals surface area (Å²) >= 11 is 5.87. The molecular formula is C13H13ClN4O. The van der Waals surface area contributed by atoms with E-state index in [0.29, 0.717) is 11.4 Å². The van der Waals surface area contributed by atoms with E-state index in [9.17, 15) is 0 Å². The Morgan fingerprint density at radius 1 is 1.42 bits per heavy atom. The number of rotatable bonds is 3. The van der Waals surface area contributed by atoms with Crippen LogP contribution in [-0.4, -0.2) is 10.1 Å². The van der Waals surface area contributed by atoms with E-state index >= 15 is 0 Å². The zero-order valence-electron chi connectivity index (χ0n) is 10.9. The third-order valence-corrected chi connectivity index (χ3v) is 3.00. The van der Waals surface area contributed by atoms with Gasteiger partial charge in [0.15, 0.2) is 0 Å². The molecule has 19 heavy (non-hydrogen) atoms. The van der Waals surface area contributed by atoms with Gasteiger partial charge < -0.3 is 9.84 Å². The molecule has 0 amide bonds. The van der Waals surface area contributed by atoms with Gasteiger partial charge in [-0.2, -0.15) is 5.26 Å². The minimum Gasteiger partial charge on any atom is -0.363 e. The summed E-state index contributed by atoms with van der Waals surface area (Å²) in [6.07, 6.45) is 0. The number of nitriles is 1. The van der Waals surface area contributed by atoms with E-state index < -0.39 is 0 Å². The minimum absolute atomic E-state index is 0.0382. The highest BCUT2D eigenvalue weighted by atomic mass is 35.5. The number of aryl methyl sites for hydroxylation is 2. The van der Waals surface area contributed by atoms with Crippen LogP contribution in [0.5, 0.6) is 0 Å². The number of hydrogen-bond acceptors (Lipinski definition) is 5. The van der Waals surface area contributed by atoms with Crippen molar-refractivity contribution in [3.05, 3.63) is 39.9 Å². The van der Waals surface area contributed by atoms with Crippen LogP contribution in [0.25, 0.3) is 0 Å². The summed E-state index contributed by atoms with van der Waals surface area (Å²) in [6, 6.07) is 5.18. The van der Waals surface area contributed by atoms with E-state index in [2.05, 4.69) is 15.5 Å². The van der Waals surface area contributed by atoms with Gasteiger partial charge in [0.25, 0.3) is 0 Å². The Kier molecular flexibility index (Phi) is 3.72. The third-order valence-electron chi connectivity index (χ3n) is 2.81. The summed E-state index contributed by atoms with van der Waals surface area (Å²) in [4.78, 5) is 4.14. The predicted octanol–water partition coefficient (Wildman–Crippen LogP) is 3.38. The molecule has 6 heteroatoms. The van der Waals surface area contributed by atoms with E-state index in [1.54, 1.807) is 6.07 Å². The Labute approximate surface area is 116 Å². The van der Waals surface area contributed by atoms with Gasteiger partial charge in [-0.1, -0.05) is 16.8 Å². The van der Waals surface area contributed by atoms with Crippen molar-refractivity contribution in [2.45, 2.75) is 26.8 Å². The second kappa shape index (κ2) is 5.29. The molecule has 2 heterocycles. The highest BCUT2D eigenvalue weighted by Crippen LogP contribution is 2.25. The van der Waals surface area contributed by atoms with Crippen molar-refractivity contribution in [3.8, 4) is 6.07 Å². The molecular weight excluding hydrogens is 264 g/mol. The second-order valence-corrected chi connectivity index (χ2v) is 4.67. The van der Waals surface area contributed by atoms with Gasteiger partial charge in [-0.25, -0.2) is 4.98 Å². The summed E-state index contributed by atoms with van der Waals surface area (Å²) in [5, 5.41) is 16.3. The number of halogens is 1. The number of aromatic nitrogens is 2. The molecule has 0 aliphatic carbocycles. The summed E-state index contributed by atoms with van der Waals surface area (Å²) < 4.78 is 5.13. The predicted molar refractivity (Wildman–Crippen MR) is 72.0 cm³/mol. The van der Waals surface area contributed by atoms with E-state index in [4.69, 9.17) is 21.4 Å². The average molecular weight is 277 g/mol. The largest absolute Gasteiger partial charge is 0.363 e. The monoisotopic (exact) mass is 276 g/mol. The number of anilines is 1. The maximum absolute atomic E-state index is 8.90. The zero-order chi connectivity index (χ0) is 14.0. The first-order chi connectivity index (χ1) is 9.01. The standard InChI is InChI=1S/C13H13ClN4O/c1-7(13-8(2)18-19-9(13)3)16-12-5-10(6-15)4-11(14)17-12/h4-5,7H,1-3H3,(H,16,17). The Bertz CT molecular complexity index is 625. The first-order valence-electron chi connectivity index (χ1n) is 5.78. The molecule has 0 aliphatic heterocycles. The molecule has 0 radical (unpaired) electrons. The Hall–Kier alpha value is -2.06. The lowest BCUT2D eigenvalue weighted by atomic mass is 10.1. The van der Waals surface area contributed by atoms with Crippen molar-refractivity contribution >= 4 is 17.4 Å². The van der Waals surface area contributed by atoms with Crippen molar-refractivity contribution in [1.29, 1.82) is 5.26 Å². The van der Waals surface area contributed by atoms with Gasteiger partial charge in [0.2, 0.25) is 0 Å². The van der Waals surface area contributed by atoms with Gasteiger partial charge in [0, 0.05) is 5.56 Å². The molecule has 1 unspecified atom stereocenters. The van der Waals surface area contributed by atoms with E-state index in [1.807, 2.05) is 26.8 Å². The molecule has 2 aromatic rings. The number of nitrogens with one attached hydrogen (secondary N) is 1. The molecule has 0 saturated carbocycles. The highest BCUT2D eigenvalue weighted by Gasteiger charge is 2.16. The molecule has 2 aromatic heterocycles. The van der Waals surface area contributed by atoms with Crippen LogP contribution in [0, 0.1) is 25.2 Å². The van der Waals surface area contributed by atoms with E-state index in [1.165, 1.54) is 6.07 Å². The Balaban J connectivity index is 2.27. The lowest BCUT2D eigenvalue weighted by Crippen LogP contribution is -2.09. The summed E-state index contributed by atoms with van der Waals surface area (Å²) in [5.74, 6) is 1.32. The van der Waals surface area contributed by atoms with E-state index in [0.717, 1.165) is 17.0 Å². The smallest absolute Gasteiger partial charge is 0.139 e. The van der Waals surface area contributed by atoms with Gasteiger partial charge in [0.1, 0.15) is 16.7 Å². The SMILES string of the molecule is Cc1noc(C)c1C(C)Nc1cc(C#N)cc(Cl)n1. The van der Waals surface area contributed by atoms with Crippen LogP contribution < -0.4 is 5.32 Å².